The second-order valence-electron chi connectivity index (χ2n) is 9.12. The minimum absolute atomic E-state index is 0.0237. The molecule has 2 aromatic carbocycles. The average Bonchev–Trinajstić information content (AvgIpc) is 3.32. The van der Waals surface area contributed by atoms with Crippen LogP contribution in [0.4, 0.5) is 20.2 Å². The van der Waals surface area contributed by atoms with E-state index in [1.165, 1.54) is 12.1 Å². The number of para-hydroxylation sites is 1. The zero-order valence-electron chi connectivity index (χ0n) is 19.5. The predicted octanol–water partition coefficient (Wildman–Crippen LogP) is 6.31. The zero-order valence-corrected chi connectivity index (χ0v) is 20.3. The van der Waals surface area contributed by atoms with Gasteiger partial charge in [-0.15, -0.1) is 0 Å². The molecular formula is C27H27ClF2N6. The number of nitrogens with two attached hydrogens (primary N) is 2. The second-order valence-corrected chi connectivity index (χ2v) is 9.53. The normalized spacial score (nSPS) is 18.6. The van der Waals surface area contributed by atoms with Crippen LogP contribution in [0.25, 0.3) is 16.6 Å². The molecule has 4 aromatic rings. The Kier molecular flexibility index (Phi) is 6.89. The maximum atomic E-state index is 13.3. The van der Waals surface area contributed by atoms with Crippen molar-refractivity contribution in [3.05, 3.63) is 83.1 Å². The average molecular weight is 509 g/mol. The molecule has 186 valence electrons. The molecule has 5 rings (SSSR count). The third kappa shape index (κ3) is 5.05. The largest absolute Gasteiger partial charge is 0.383 e. The molecule has 9 heteroatoms. The fourth-order valence-electron chi connectivity index (χ4n) is 4.61. The van der Waals surface area contributed by atoms with Crippen LogP contribution in [0.1, 0.15) is 43.2 Å². The van der Waals surface area contributed by atoms with Crippen LogP contribution in [0.3, 0.4) is 0 Å². The Bertz CT molecular complexity index is 1410. The van der Waals surface area contributed by atoms with Gasteiger partial charge in [-0.25, -0.2) is 18.3 Å². The molecule has 0 bridgehead atoms. The molecule has 1 fully saturated rings. The highest BCUT2D eigenvalue weighted by Crippen LogP contribution is 2.33. The number of nitrogens with one attached hydrogen (secondary N) is 1. The quantitative estimate of drug-likeness (QED) is 0.210. The number of aliphatic imine (C=N–C) groups is 1. The highest BCUT2D eigenvalue weighted by atomic mass is 35.5. The lowest BCUT2D eigenvalue weighted by Gasteiger charge is -2.28. The number of halogens is 3. The maximum Gasteiger partial charge on any atom is 0.263 e. The smallest absolute Gasteiger partial charge is 0.263 e. The summed E-state index contributed by atoms with van der Waals surface area (Å²) in [6.45, 7) is 0. The van der Waals surface area contributed by atoms with Gasteiger partial charge in [-0.2, -0.15) is 5.10 Å². The van der Waals surface area contributed by atoms with Gasteiger partial charge in [0.15, 0.2) is 0 Å². The number of fused-ring (bicyclic) bond motifs is 1. The number of alkyl halides is 2. The van der Waals surface area contributed by atoms with Crippen molar-refractivity contribution in [3.63, 3.8) is 0 Å². The molecule has 2 aromatic heterocycles. The third-order valence-corrected chi connectivity index (χ3v) is 6.92. The van der Waals surface area contributed by atoms with Crippen LogP contribution in [-0.2, 0) is 0 Å². The van der Waals surface area contributed by atoms with Gasteiger partial charge in [-0.1, -0.05) is 41.9 Å². The summed E-state index contributed by atoms with van der Waals surface area (Å²) in [5, 5.41) is 8.70. The van der Waals surface area contributed by atoms with Crippen molar-refractivity contribution in [1.29, 1.82) is 0 Å². The lowest BCUT2D eigenvalue weighted by atomic mass is 9.91. The Morgan fingerprint density at radius 1 is 1.06 bits per heavy atom. The SMILES string of the molecule is N/C(=N\c1ccccc1Cl)c1cnn2cc(-c3cccc(C(F)F)c3)cc2c1N[C@H]1CC[C@H](N)CC1. The monoisotopic (exact) mass is 508 g/mol. The van der Waals surface area contributed by atoms with E-state index in [1.807, 2.05) is 30.5 Å². The number of hydrogen-bond donors (Lipinski definition) is 3. The van der Waals surface area contributed by atoms with Crippen molar-refractivity contribution >= 4 is 34.3 Å². The molecule has 0 radical (unpaired) electrons. The van der Waals surface area contributed by atoms with Gasteiger partial charge in [0.25, 0.3) is 6.43 Å². The maximum absolute atomic E-state index is 13.3. The van der Waals surface area contributed by atoms with Crippen LogP contribution in [-0.4, -0.2) is 27.5 Å². The van der Waals surface area contributed by atoms with E-state index in [4.69, 9.17) is 23.1 Å². The lowest BCUT2D eigenvalue weighted by Crippen LogP contribution is -2.33. The van der Waals surface area contributed by atoms with Crippen LogP contribution in [0.5, 0.6) is 0 Å². The minimum atomic E-state index is -2.54. The number of benzene rings is 2. The summed E-state index contributed by atoms with van der Waals surface area (Å²) >= 11 is 6.30. The van der Waals surface area contributed by atoms with Crippen molar-refractivity contribution in [2.75, 3.05) is 5.32 Å². The number of hydrogen-bond acceptors (Lipinski definition) is 4. The first-order chi connectivity index (χ1) is 17.4. The summed E-state index contributed by atoms with van der Waals surface area (Å²) in [4.78, 5) is 4.57. The van der Waals surface area contributed by atoms with Crippen LogP contribution in [0.2, 0.25) is 5.02 Å². The number of nitrogens with zero attached hydrogens (tertiary/aromatic N) is 3. The fourth-order valence-corrected chi connectivity index (χ4v) is 4.79. The summed E-state index contributed by atoms with van der Waals surface area (Å²) < 4.78 is 28.3. The summed E-state index contributed by atoms with van der Waals surface area (Å²) in [7, 11) is 0. The topological polar surface area (TPSA) is 93.7 Å². The van der Waals surface area contributed by atoms with Gasteiger partial charge in [0, 0.05) is 29.4 Å². The Morgan fingerprint density at radius 2 is 1.83 bits per heavy atom. The van der Waals surface area contributed by atoms with E-state index in [9.17, 15) is 8.78 Å². The van der Waals surface area contributed by atoms with Crippen LogP contribution >= 0.6 is 11.6 Å². The molecule has 5 N–H and O–H groups in total. The minimum Gasteiger partial charge on any atom is -0.383 e. The van der Waals surface area contributed by atoms with E-state index in [1.54, 1.807) is 28.9 Å². The molecule has 6 nitrogen and oxygen atoms in total. The highest BCUT2D eigenvalue weighted by Gasteiger charge is 2.22. The van der Waals surface area contributed by atoms with Crippen molar-refractivity contribution in [2.45, 2.75) is 44.2 Å². The van der Waals surface area contributed by atoms with Gasteiger partial charge >= 0.3 is 0 Å². The van der Waals surface area contributed by atoms with Gasteiger partial charge in [-0.05, 0) is 55.5 Å². The first-order valence-electron chi connectivity index (χ1n) is 11.9. The number of amidine groups is 1. The lowest BCUT2D eigenvalue weighted by molar-refractivity contribution is 0.151. The van der Waals surface area contributed by atoms with Gasteiger partial charge in [-0.3, -0.25) is 0 Å². The van der Waals surface area contributed by atoms with Crippen molar-refractivity contribution < 1.29 is 8.78 Å². The number of rotatable bonds is 6. The van der Waals surface area contributed by atoms with Gasteiger partial charge in [0.05, 0.1) is 33.7 Å². The molecule has 1 aliphatic carbocycles. The molecule has 1 saturated carbocycles. The second kappa shape index (κ2) is 10.2. The van der Waals surface area contributed by atoms with Crippen molar-refractivity contribution in [2.24, 2.45) is 16.5 Å². The molecule has 1 aliphatic rings. The van der Waals surface area contributed by atoms with Crippen LogP contribution < -0.4 is 16.8 Å². The molecule has 0 aliphatic heterocycles. The van der Waals surface area contributed by atoms with E-state index in [-0.39, 0.29) is 23.5 Å². The Balaban J connectivity index is 1.60. The molecule has 0 atom stereocenters. The first-order valence-corrected chi connectivity index (χ1v) is 12.3. The van der Waals surface area contributed by atoms with Crippen molar-refractivity contribution in [3.8, 4) is 11.1 Å². The molecule has 0 spiro atoms. The Hall–Kier alpha value is -3.49. The summed E-state index contributed by atoms with van der Waals surface area (Å²) in [5.74, 6) is 0.274. The molecule has 0 amide bonds. The molecule has 36 heavy (non-hydrogen) atoms. The predicted molar refractivity (Wildman–Crippen MR) is 141 cm³/mol. The molecular weight excluding hydrogens is 482 g/mol. The van der Waals surface area contributed by atoms with E-state index in [0.717, 1.165) is 42.5 Å². The number of anilines is 1. The Morgan fingerprint density at radius 3 is 2.58 bits per heavy atom. The van der Waals surface area contributed by atoms with Crippen LogP contribution in [0, 0.1) is 0 Å². The van der Waals surface area contributed by atoms with Crippen LogP contribution in [0.15, 0.2) is 72.0 Å². The summed E-state index contributed by atoms with van der Waals surface area (Å²) in [5.41, 5.74) is 16.8. The zero-order chi connectivity index (χ0) is 25.2. The summed E-state index contributed by atoms with van der Waals surface area (Å²) in [6, 6.07) is 16.0. The molecule has 0 saturated heterocycles. The molecule has 2 heterocycles. The fraction of sp³-hybridized carbons (Fsp3) is 0.259. The highest BCUT2D eigenvalue weighted by molar-refractivity contribution is 6.33. The van der Waals surface area contributed by atoms with Crippen molar-refractivity contribution in [1.82, 2.24) is 9.61 Å². The van der Waals surface area contributed by atoms with E-state index >= 15 is 0 Å². The van der Waals surface area contributed by atoms with Gasteiger partial charge < -0.3 is 16.8 Å². The van der Waals surface area contributed by atoms with E-state index < -0.39 is 6.43 Å². The number of aromatic nitrogens is 2. The van der Waals surface area contributed by atoms with Gasteiger partial charge in [0.1, 0.15) is 5.84 Å². The van der Waals surface area contributed by atoms with E-state index in [0.29, 0.717) is 21.8 Å². The van der Waals surface area contributed by atoms with Gasteiger partial charge in [0.2, 0.25) is 0 Å². The Labute approximate surface area is 213 Å². The molecule has 0 unspecified atom stereocenters. The summed E-state index contributed by atoms with van der Waals surface area (Å²) in [6.07, 6.45) is 4.68. The third-order valence-electron chi connectivity index (χ3n) is 6.60. The van der Waals surface area contributed by atoms with E-state index in [2.05, 4.69) is 15.4 Å². The standard InChI is InChI=1S/C27H27ClF2N6/c28-22-6-1-2-7-23(22)35-27(32)21-14-33-36-15-18(16-4-3-5-17(12-16)26(29)30)13-24(36)25(21)34-20-10-8-19(31)9-11-20/h1-7,12-15,19-20,26,34H,8-11,31H2,(H2,32,35)/t19-,20-. The first kappa shape index (κ1) is 24.2.